The highest BCUT2D eigenvalue weighted by Crippen LogP contribution is 2.30. The molecule has 1 aromatic carbocycles. The second-order valence-electron chi connectivity index (χ2n) is 5.60. The number of benzene rings is 1. The normalized spacial score (nSPS) is 14.2. The third kappa shape index (κ3) is 2.82. The Morgan fingerprint density at radius 2 is 2.24 bits per heavy atom. The van der Waals surface area contributed by atoms with Crippen LogP contribution in [0.4, 0.5) is 4.39 Å². The van der Waals surface area contributed by atoms with Crippen LogP contribution in [-0.2, 0) is 13.6 Å². The molecule has 1 aliphatic rings. The van der Waals surface area contributed by atoms with Gasteiger partial charge in [-0.3, -0.25) is 4.79 Å². The molecule has 1 amide bonds. The van der Waals surface area contributed by atoms with Crippen molar-refractivity contribution in [2.45, 2.75) is 32.4 Å². The molecule has 0 spiro atoms. The van der Waals surface area contributed by atoms with Crippen LogP contribution in [0.25, 0.3) is 0 Å². The Bertz CT molecular complexity index is 676. The number of hydrogen-bond acceptors (Lipinski definition) is 2. The third-order valence-corrected chi connectivity index (χ3v) is 3.84. The topological polar surface area (TPSA) is 38.1 Å². The maximum atomic E-state index is 14.0. The van der Waals surface area contributed by atoms with Gasteiger partial charge < -0.3 is 9.47 Å². The summed E-state index contributed by atoms with van der Waals surface area (Å²) in [6.45, 7) is 2.23. The Labute approximate surface area is 123 Å². The maximum absolute atomic E-state index is 14.0. The molecule has 4 nitrogen and oxygen atoms in total. The van der Waals surface area contributed by atoms with E-state index in [-0.39, 0.29) is 17.5 Å². The lowest BCUT2D eigenvalue weighted by atomic mass is 10.1. The molecule has 21 heavy (non-hydrogen) atoms. The van der Waals surface area contributed by atoms with E-state index in [2.05, 4.69) is 4.98 Å². The Morgan fingerprint density at radius 3 is 2.81 bits per heavy atom. The van der Waals surface area contributed by atoms with Crippen LogP contribution in [0.5, 0.6) is 0 Å². The molecule has 1 aromatic heterocycles. The molecule has 0 radical (unpaired) electrons. The van der Waals surface area contributed by atoms with Crippen molar-refractivity contribution in [2.75, 3.05) is 0 Å². The van der Waals surface area contributed by atoms with E-state index in [0.717, 1.165) is 24.2 Å². The largest absolute Gasteiger partial charge is 0.337 e. The lowest BCUT2D eigenvalue weighted by Gasteiger charge is -2.22. The molecule has 0 atom stereocenters. The highest BCUT2D eigenvalue weighted by Gasteiger charge is 2.34. The first-order valence-corrected chi connectivity index (χ1v) is 7.09. The van der Waals surface area contributed by atoms with Gasteiger partial charge in [0, 0.05) is 25.5 Å². The van der Waals surface area contributed by atoms with Gasteiger partial charge in [-0.1, -0.05) is 6.07 Å². The van der Waals surface area contributed by atoms with E-state index in [1.54, 1.807) is 23.2 Å². The van der Waals surface area contributed by atoms with Gasteiger partial charge in [-0.2, -0.15) is 0 Å². The highest BCUT2D eigenvalue weighted by molar-refractivity contribution is 5.94. The van der Waals surface area contributed by atoms with Gasteiger partial charge in [-0.15, -0.1) is 0 Å². The molecule has 3 rings (SSSR count). The number of halogens is 1. The molecule has 5 heteroatoms. The van der Waals surface area contributed by atoms with Crippen LogP contribution >= 0.6 is 0 Å². The number of carbonyl (C=O) groups is 1. The van der Waals surface area contributed by atoms with E-state index < -0.39 is 5.82 Å². The van der Waals surface area contributed by atoms with Gasteiger partial charge in [0.2, 0.25) is 0 Å². The summed E-state index contributed by atoms with van der Waals surface area (Å²) in [5.41, 5.74) is 0.952. The lowest BCUT2D eigenvalue weighted by Crippen LogP contribution is -2.34. The van der Waals surface area contributed by atoms with Gasteiger partial charge in [0.15, 0.2) is 0 Å². The minimum absolute atomic E-state index is 0.140. The molecule has 1 fully saturated rings. The maximum Gasteiger partial charge on any atom is 0.257 e. The summed E-state index contributed by atoms with van der Waals surface area (Å²) in [7, 11) is 1.89. The minimum atomic E-state index is -0.453. The average molecular weight is 287 g/mol. The second-order valence-corrected chi connectivity index (χ2v) is 5.60. The summed E-state index contributed by atoms with van der Waals surface area (Å²) < 4.78 is 15.9. The molecular formula is C16H18FN3O. The van der Waals surface area contributed by atoms with Crippen LogP contribution in [0.3, 0.4) is 0 Å². The number of aromatic nitrogens is 2. The number of amides is 1. The molecule has 2 aromatic rings. The number of aryl methyl sites for hydroxylation is 2. The van der Waals surface area contributed by atoms with Crippen molar-refractivity contribution >= 4 is 5.91 Å². The summed E-state index contributed by atoms with van der Waals surface area (Å²) in [6.07, 6.45) is 5.50. The fourth-order valence-electron chi connectivity index (χ4n) is 2.40. The number of hydrogen-bond donors (Lipinski definition) is 0. The predicted molar refractivity (Wildman–Crippen MR) is 77.2 cm³/mol. The zero-order chi connectivity index (χ0) is 15.0. The monoisotopic (exact) mass is 287 g/mol. The standard InChI is InChI=1S/C16H18FN3O/c1-11-3-6-13(14(17)9-11)16(21)20(12-4-5-12)10-15-18-7-8-19(15)2/h3,6-9,12H,4-5,10H2,1-2H3. The van der Waals surface area contributed by atoms with E-state index in [1.807, 2.05) is 24.7 Å². The quantitative estimate of drug-likeness (QED) is 0.867. The lowest BCUT2D eigenvalue weighted by molar-refractivity contribution is 0.0719. The van der Waals surface area contributed by atoms with Gasteiger partial charge in [-0.05, 0) is 37.5 Å². The molecule has 0 bridgehead atoms. The first kappa shape index (κ1) is 13.8. The number of rotatable bonds is 4. The Kier molecular flexibility index (Phi) is 3.49. The van der Waals surface area contributed by atoms with Gasteiger partial charge in [0.25, 0.3) is 5.91 Å². The fourth-order valence-corrected chi connectivity index (χ4v) is 2.40. The summed E-state index contributed by atoms with van der Waals surface area (Å²) in [4.78, 5) is 18.6. The van der Waals surface area contributed by atoms with E-state index in [1.165, 1.54) is 6.07 Å². The second kappa shape index (κ2) is 5.31. The van der Waals surface area contributed by atoms with Crippen molar-refractivity contribution in [3.63, 3.8) is 0 Å². The third-order valence-electron chi connectivity index (χ3n) is 3.84. The number of imidazole rings is 1. The first-order chi connectivity index (χ1) is 10.1. The van der Waals surface area contributed by atoms with Crippen molar-refractivity contribution in [3.8, 4) is 0 Å². The van der Waals surface area contributed by atoms with Crippen LogP contribution in [-0.4, -0.2) is 26.4 Å². The van der Waals surface area contributed by atoms with E-state index in [9.17, 15) is 9.18 Å². The molecule has 1 heterocycles. The summed E-state index contributed by atoms with van der Waals surface area (Å²) in [6, 6.07) is 4.94. The summed E-state index contributed by atoms with van der Waals surface area (Å²) in [5, 5.41) is 0. The van der Waals surface area contributed by atoms with Gasteiger partial charge in [-0.25, -0.2) is 9.37 Å². The zero-order valence-electron chi connectivity index (χ0n) is 12.2. The minimum Gasteiger partial charge on any atom is -0.337 e. The van der Waals surface area contributed by atoms with Crippen molar-refractivity contribution in [3.05, 3.63) is 53.4 Å². The molecule has 110 valence electrons. The van der Waals surface area contributed by atoms with Crippen LogP contribution in [0.2, 0.25) is 0 Å². The van der Waals surface area contributed by atoms with Gasteiger partial charge in [0.1, 0.15) is 11.6 Å². The molecular weight excluding hydrogens is 269 g/mol. The fraction of sp³-hybridized carbons (Fsp3) is 0.375. The van der Waals surface area contributed by atoms with Crippen molar-refractivity contribution in [1.29, 1.82) is 0 Å². The zero-order valence-corrected chi connectivity index (χ0v) is 12.2. The van der Waals surface area contributed by atoms with Crippen molar-refractivity contribution in [2.24, 2.45) is 7.05 Å². The van der Waals surface area contributed by atoms with Crippen LogP contribution in [0.15, 0.2) is 30.6 Å². The van der Waals surface area contributed by atoms with Crippen LogP contribution in [0.1, 0.15) is 34.6 Å². The Balaban J connectivity index is 1.87. The van der Waals surface area contributed by atoms with E-state index in [4.69, 9.17) is 0 Å². The van der Waals surface area contributed by atoms with Crippen LogP contribution in [0, 0.1) is 12.7 Å². The molecule has 1 saturated carbocycles. The van der Waals surface area contributed by atoms with Crippen molar-refractivity contribution in [1.82, 2.24) is 14.5 Å². The molecule has 0 unspecified atom stereocenters. The van der Waals surface area contributed by atoms with Crippen molar-refractivity contribution < 1.29 is 9.18 Å². The van der Waals surface area contributed by atoms with Crippen LogP contribution < -0.4 is 0 Å². The van der Waals surface area contributed by atoms with Gasteiger partial charge >= 0.3 is 0 Å². The Morgan fingerprint density at radius 1 is 1.48 bits per heavy atom. The summed E-state index contributed by atoms with van der Waals surface area (Å²) >= 11 is 0. The predicted octanol–water partition coefficient (Wildman–Crippen LogP) is 2.67. The number of carbonyl (C=O) groups excluding carboxylic acids is 1. The van der Waals surface area contributed by atoms with E-state index in [0.29, 0.717) is 6.54 Å². The molecule has 0 saturated heterocycles. The SMILES string of the molecule is Cc1ccc(C(=O)N(Cc2nccn2C)C2CC2)c(F)c1. The first-order valence-electron chi connectivity index (χ1n) is 7.09. The smallest absolute Gasteiger partial charge is 0.257 e. The van der Waals surface area contributed by atoms with Gasteiger partial charge in [0.05, 0.1) is 12.1 Å². The highest BCUT2D eigenvalue weighted by atomic mass is 19.1. The molecule has 0 N–H and O–H groups in total. The number of nitrogens with zero attached hydrogens (tertiary/aromatic N) is 3. The molecule has 1 aliphatic carbocycles. The summed E-state index contributed by atoms with van der Waals surface area (Å²) in [5.74, 6) is 0.103. The average Bonchev–Trinajstić information content (AvgIpc) is 3.19. The Hall–Kier alpha value is -2.17. The molecule has 0 aliphatic heterocycles. The van der Waals surface area contributed by atoms with E-state index >= 15 is 0 Å².